The van der Waals surface area contributed by atoms with E-state index >= 15 is 0 Å². The summed E-state index contributed by atoms with van der Waals surface area (Å²) in [6.07, 6.45) is 7.56. The van der Waals surface area contributed by atoms with Crippen molar-refractivity contribution in [2.75, 3.05) is 13.2 Å². The molecule has 2 unspecified atom stereocenters. The maximum Gasteiger partial charge on any atom is 0.417 e. The molecule has 0 aliphatic heterocycles. The second-order valence-electron chi connectivity index (χ2n) is 4.52. The molecule has 1 fully saturated rings. The first-order valence-electron chi connectivity index (χ1n) is 5.68. The molecule has 2 aliphatic rings. The predicted octanol–water partition coefficient (Wildman–Crippen LogP) is 1.45. The fourth-order valence-electron chi connectivity index (χ4n) is 2.49. The highest BCUT2D eigenvalue weighted by Gasteiger charge is 2.42. The number of hydrogen-bond donors (Lipinski definition) is 0. The molecule has 2 rings (SSSR count). The van der Waals surface area contributed by atoms with Gasteiger partial charge in [-0.25, -0.2) is 9.59 Å². The average Bonchev–Trinajstić information content (AvgIpc) is 2.86. The standard InChI is InChI=1S/C12H16O4/c1-2-15-10(13)11(14)16-8-12-5-3-9(7-12)4-6-12/h3,5,9H,2,4,6-8H2,1H3. The molecule has 0 aromatic rings. The van der Waals surface area contributed by atoms with E-state index in [9.17, 15) is 9.59 Å². The Hall–Kier alpha value is -1.32. The Labute approximate surface area is 94.6 Å². The van der Waals surface area contributed by atoms with Crippen LogP contribution in [-0.4, -0.2) is 25.2 Å². The summed E-state index contributed by atoms with van der Waals surface area (Å²) < 4.78 is 9.56. The molecular weight excluding hydrogens is 208 g/mol. The highest BCUT2D eigenvalue weighted by molar-refractivity contribution is 6.29. The van der Waals surface area contributed by atoms with Crippen LogP contribution < -0.4 is 0 Å². The Kier molecular flexibility index (Phi) is 2.99. The van der Waals surface area contributed by atoms with Crippen molar-refractivity contribution in [3.8, 4) is 0 Å². The molecule has 0 aromatic carbocycles. The summed E-state index contributed by atoms with van der Waals surface area (Å²) in [4.78, 5) is 22.3. The van der Waals surface area contributed by atoms with E-state index in [0.717, 1.165) is 19.3 Å². The van der Waals surface area contributed by atoms with E-state index in [-0.39, 0.29) is 12.0 Å². The van der Waals surface area contributed by atoms with Gasteiger partial charge in [0, 0.05) is 5.41 Å². The first kappa shape index (κ1) is 11.2. The smallest absolute Gasteiger partial charge is 0.417 e. The number of esters is 2. The zero-order valence-corrected chi connectivity index (χ0v) is 9.40. The van der Waals surface area contributed by atoms with Gasteiger partial charge in [-0.1, -0.05) is 12.2 Å². The Morgan fingerprint density at radius 1 is 1.38 bits per heavy atom. The van der Waals surface area contributed by atoms with Crippen LogP contribution in [0.5, 0.6) is 0 Å². The second kappa shape index (κ2) is 4.28. The van der Waals surface area contributed by atoms with Gasteiger partial charge in [0.25, 0.3) is 0 Å². The molecule has 0 radical (unpaired) electrons. The van der Waals surface area contributed by atoms with Crippen molar-refractivity contribution in [2.24, 2.45) is 11.3 Å². The molecule has 1 saturated carbocycles. The van der Waals surface area contributed by atoms with Crippen LogP contribution >= 0.6 is 0 Å². The summed E-state index contributed by atoms with van der Waals surface area (Å²) in [6.45, 7) is 2.16. The third-order valence-corrected chi connectivity index (χ3v) is 3.34. The van der Waals surface area contributed by atoms with Crippen molar-refractivity contribution in [3.05, 3.63) is 12.2 Å². The molecule has 88 valence electrons. The fourth-order valence-corrected chi connectivity index (χ4v) is 2.49. The topological polar surface area (TPSA) is 52.6 Å². The number of rotatable bonds is 3. The molecule has 2 atom stereocenters. The van der Waals surface area contributed by atoms with Crippen molar-refractivity contribution in [1.82, 2.24) is 0 Å². The SMILES string of the molecule is CCOC(=O)C(=O)OCC12C=CC(CC1)C2. The van der Waals surface area contributed by atoms with Crippen LogP contribution in [-0.2, 0) is 19.1 Å². The Morgan fingerprint density at radius 3 is 2.62 bits per heavy atom. The Balaban J connectivity index is 1.81. The average molecular weight is 224 g/mol. The van der Waals surface area contributed by atoms with Crippen LogP contribution in [0.2, 0.25) is 0 Å². The summed E-state index contributed by atoms with van der Waals surface area (Å²) in [5.41, 5.74) is -0.00712. The van der Waals surface area contributed by atoms with Crippen molar-refractivity contribution >= 4 is 11.9 Å². The molecular formula is C12H16O4. The van der Waals surface area contributed by atoms with E-state index in [4.69, 9.17) is 4.74 Å². The largest absolute Gasteiger partial charge is 0.458 e. The van der Waals surface area contributed by atoms with E-state index in [1.54, 1.807) is 6.92 Å². The first-order chi connectivity index (χ1) is 7.65. The predicted molar refractivity (Wildman–Crippen MR) is 56.5 cm³/mol. The second-order valence-corrected chi connectivity index (χ2v) is 4.52. The number of fused-ring (bicyclic) bond motifs is 2. The monoisotopic (exact) mass is 224 g/mol. The van der Waals surface area contributed by atoms with Gasteiger partial charge in [-0.15, -0.1) is 0 Å². The van der Waals surface area contributed by atoms with E-state index in [1.807, 2.05) is 0 Å². The van der Waals surface area contributed by atoms with Crippen molar-refractivity contribution < 1.29 is 19.1 Å². The van der Waals surface area contributed by atoms with Crippen LogP contribution in [0.4, 0.5) is 0 Å². The number of hydrogen-bond acceptors (Lipinski definition) is 4. The van der Waals surface area contributed by atoms with Crippen LogP contribution in [0.25, 0.3) is 0 Å². The van der Waals surface area contributed by atoms with Crippen molar-refractivity contribution in [1.29, 1.82) is 0 Å². The van der Waals surface area contributed by atoms with E-state index in [2.05, 4.69) is 16.9 Å². The maximum absolute atomic E-state index is 11.2. The lowest BCUT2D eigenvalue weighted by Crippen LogP contribution is -2.27. The lowest BCUT2D eigenvalue weighted by atomic mass is 9.89. The van der Waals surface area contributed by atoms with Gasteiger partial charge in [0.05, 0.1) is 6.61 Å². The lowest BCUT2D eigenvalue weighted by molar-refractivity contribution is -0.168. The van der Waals surface area contributed by atoms with Crippen LogP contribution in [0, 0.1) is 11.3 Å². The minimum absolute atomic E-state index is 0.00712. The molecule has 0 heterocycles. The van der Waals surface area contributed by atoms with Crippen LogP contribution in [0.3, 0.4) is 0 Å². The quantitative estimate of drug-likeness (QED) is 0.413. The zero-order valence-electron chi connectivity index (χ0n) is 9.40. The summed E-state index contributed by atoms with van der Waals surface area (Å²) in [7, 11) is 0. The summed E-state index contributed by atoms with van der Waals surface area (Å²) in [5.74, 6) is -1.13. The molecule has 0 amide bonds. The van der Waals surface area contributed by atoms with Gasteiger partial charge in [0.15, 0.2) is 0 Å². The Bertz CT molecular complexity index is 334. The zero-order chi connectivity index (χ0) is 11.6. The highest BCUT2D eigenvalue weighted by atomic mass is 16.6. The van der Waals surface area contributed by atoms with Gasteiger partial charge in [-0.3, -0.25) is 0 Å². The highest BCUT2D eigenvalue weighted by Crippen LogP contribution is 2.49. The summed E-state index contributed by atoms with van der Waals surface area (Å²) in [5, 5.41) is 0. The molecule has 0 spiro atoms. The molecule has 2 bridgehead atoms. The van der Waals surface area contributed by atoms with Gasteiger partial charge in [0.1, 0.15) is 6.61 Å². The number of carbonyl (C=O) groups is 2. The van der Waals surface area contributed by atoms with E-state index in [0.29, 0.717) is 12.5 Å². The molecule has 0 aromatic heterocycles. The number of allylic oxidation sites excluding steroid dienone is 1. The maximum atomic E-state index is 11.2. The summed E-state index contributed by atoms with van der Waals surface area (Å²) in [6, 6.07) is 0. The molecule has 0 N–H and O–H groups in total. The molecule has 4 nitrogen and oxygen atoms in total. The van der Waals surface area contributed by atoms with Crippen molar-refractivity contribution in [2.45, 2.75) is 26.2 Å². The summed E-state index contributed by atoms with van der Waals surface area (Å²) >= 11 is 0. The minimum Gasteiger partial charge on any atom is -0.458 e. The molecule has 16 heavy (non-hydrogen) atoms. The third kappa shape index (κ3) is 2.10. The van der Waals surface area contributed by atoms with Gasteiger partial charge >= 0.3 is 11.9 Å². The van der Waals surface area contributed by atoms with Crippen LogP contribution in [0.15, 0.2) is 12.2 Å². The third-order valence-electron chi connectivity index (χ3n) is 3.34. The van der Waals surface area contributed by atoms with Crippen LogP contribution in [0.1, 0.15) is 26.2 Å². The first-order valence-corrected chi connectivity index (χ1v) is 5.68. The number of ether oxygens (including phenoxy) is 2. The van der Waals surface area contributed by atoms with Gasteiger partial charge in [0.2, 0.25) is 0 Å². The van der Waals surface area contributed by atoms with Gasteiger partial charge in [-0.2, -0.15) is 0 Å². The normalized spacial score (nSPS) is 30.4. The Morgan fingerprint density at radius 2 is 2.12 bits per heavy atom. The van der Waals surface area contributed by atoms with Gasteiger partial charge < -0.3 is 9.47 Å². The molecule has 4 heteroatoms. The van der Waals surface area contributed by atoms with Crippen molar-refractivity contribution in [3.63, 3.8) is 0 Å². The molecule has 0 saturated heterocycles. The molecule has 2 aliphatic carbocycles. The van der Waals surface area contributed by atoms with E-state index < -0.39 is 11.9 Å². The minimum atomic E-state index is -0.893. The number of carbonyl (C=O) groups excluding carboxylic acids is 2. The lowest BCUT2D eigenvalue weighted by Gasteiger charge is -2.22. The van der Waals surface area contributed by atoms with Gasteiger partial charge in [-0.05, 0) is 32.1 Å². The van der Waals surface area contributed by atoms with E-state index in [1.165, 1.54) is 0 Å². The fraction of sp³-hybridized carbons (Fsp3) is 0.667.